The Morgan fingerprint density at radius 2 is 2.06 bits per heavy atom. The zero-order valence-corrected chi connectivity index (χ0v) is 9.11. The predicted octanol–water partition coefficient (Wildman–Crippen LogP) is 1.17. The van der Waals surface area contributed by atoms with E-state index in [0.717, 1.165) is 12.1 Å². The average Bonchev–Trinajstić information content (AvgIpc) is 2.31. The number of carboxylic acids is 1. The fourth-order valence-corrected chi connectivity index (χ4v) is 1.20. The van der Waals surface area contributed by atoms with E-state index < -0.39 is 29.6 Å². The molecule has 94 valence electrons. The molecule has 1 aromatic carbocycles. The van der Waals surface area contributed by atoms with Gasteiger partial charge in [-0.1, -0.05) is 0 Å². The van der Waals surface area contributed by atoms with Crippen LogP contribution in [0.4, 0.5) is 8.78 Å². The van der Waals surface area contributed by atoms with Crippen LogP contribution in [0.15, 0.2) is 18.2 Å². The Labute approximate surface area is 102 Å². The summed E-state index contributed by atoms with van der Waals surface area (Å²) >= 11 is 0. The van der Waals surface area contributed by atoms with Crippen molar-refractivity contribution in [1.29, 1.82) is 0 Å². The first-order valence-electron chi connectivity index (χ1n) is 4.88. The molecule has 1 amide bonds. The van der Waals surface area contributed by atoms with Crippen LogP contribution in [0.1, 0.15) is 16.8 Å². The first-order chi connectivity index (χ1) is 8.45. The van der Waals surface area contributed by atoms with Gasteiger partial charge in [-0.3, -0.25) is 4.79 Å². The van der Waals surface area contributed by atoms with Crippen molar-refractivity contribution in [1.82, 2.24) is 5.32 Å². The fraction of sp³-hybridized carbons (Fsp3) is 0.167. The molecule has 0 aliphatic carbocycles. The van der Waals surface area contributed by atoms with Gasteiger partial charge in [0.1, 0.15) is 6.04 Å². The summed E-state index contributed by atoms with van der Waals surface area (Å²) in [5, 5.41) is 10.9. The first kappa shape index (κ1) is 13.6. The van der Waals surface area contributed by atoms with E-state index >= 15 is 0 Å². The van der Waals surface area contributed by atoms with Crippen LogP contribution in [0, 0.1) is 24.0 Å². The number of nitrogens with one attached hydrogen (secondary N) is 1. The average molecular weight is 253 g/mol. The molecule has 1 rings (SSSR count). The standard InChI is InChI=1S/C12H9F2NO3/c1-2-3-10(12(17)18)15-11(16)7-4-5-8(13)9(14)6-7/h1,4-6,10H,3H2,(H,15,16)(H,17,18). The SMILES string of the molecule is C#CCC(NC(=O)c1ccc(F)c(F)c1)C(=O)O. The van der Waals surface area contributed by atoms with E-state index in [4.69, 9.17) is 11.5 Å². The second kappa shape index (κ2) is 5.77. The van der Waals surface area contributed by atoms with Crippen LogP contribution in [0.3, 0.4) is 0 Å². The minimum Gasteiger partial charge on any atom is -0.480 e. The molecule has 0 saturated heterocycles. The van der Waals surface area contributed by atoms with Gasteiger partial charge in [0.05, 0.1) is 0 Å². The topological polar surface area (TPSA) is 66.4 Å². The molecule has 0 aliphatic rings. The second-order valence-electron chi connectivity index (χ2n) is 3.40. The van der Waals surface area contributed by atoms with Crippen molar-refractivity contribution in [2.45, 2.75) is 12.5 Å². The Morgan fingerprint density at radius 3 is 2.56 bits per heavy atom. The van der Waals surface area contributed by atoms with Gasteiger partial charge in [0.15, 0.2) is 11.6 Å². The first-order valence-corrected chi connectivity index (χ1v) is 4.88. The molecule has 0 aliphatic heterocycles. The molecule has 1 aromatic rings. The van der Waals surface area contributed by atoms with Crippen LogP contribution in [-0.2, 0) is 4.79 Å². The van der Waals surface area contributed by atoms with Gasteiger partial charge in [-0.2, -0.15) is 0 Å². The lowest BCUT2D eigenvalue weighted by molar-refractivity contribution is -0.139. The summed E-state index contributed by atoms with van der Waals surface area (Å²) in [5.74, 6) is -2.32. The molecule has 0 aromatic heterocycles. The molecule has 0 bridgehead atoms. The fourth-order valence-electron chi connectivity index (χ4n) is 1.20. The Kier molecular flexibility index (Phi) is 4.38. The van der Waals surface area contributed by atoms with Crippen LogP contribution < -0.4 is 5.32 Å². The molecule has 0 radical (unpaired) electrons. The molecule has 2 N–H and O–H groups in total. The number of halogens is 2. The highest BCUT2D eigenvalue weighted by molar-refractivity contribution is 5.96. The minimum atomic E-state index is -1.30. The number of terminal acetylenes is 1. The molecule has 0 saturated carbocycles. The number of carboxylic acid groups (broad SMARTS) is 1. The zero-order valence-electron chi connectivity index (χ0n) is 9.11. The van der Waals surface area contributed by atoms with E-state index in [1.807, 2.05) is 0 Å². The van der Waals surface area contributed by atoms with E-state index in [0.29, 0.717) is 6.07 Å². The highest BCUT2D eigenvalue weighted by atomic mass is 19.2. The summed E-state index contributed by atoms with van der Waals surface area (Å²) in [6.07, 6.45) is 4.75. The molecule has 1 unspecified atom stereocenters. The quantitative estimate of drug-likeness (QED) is 0.791. The van der Waals surface area contributed by atoms with E-state index in [-0.39, 0.29) is 12.0 Å². The third-order valence-corrected chi connectivity index (χ3v) is 2.11. The van der Waals surface area contributed by atoms with Crippen LogP contribution in [0.5, 0.6) is 0 Å². The number of carbonyl (C=O) groups excluding carboxylic acids is 1. The van der Waals surface area contributed by atoms with E-state index in [1.165, 1.54) is 0 Å². The second-order valence-corrected chi connectivity index (χ2v) is 3.40. The predicted molar refractivity (Wildman–Crippen MR) is 58.7 cm³/mol. The number of rotatable bonds is 4. The van der Waals surface area contributed by atoms with Crippen molar-refractivity contribution >= 4 is 11.9 Å². The Morgan fingerprint density at radius 1 is 1.39 bits per heavy atom. The highest BCUT2D eigenvalue weighted by Crippen LogP contribution is 2.09. The zero-order chi connectivity index (χ0) is 13.7. The van der Waals surface area contributed by atoms with Gasteiger partial charge in [0.25, 0.3) is 5.91 Å². The van der Waals surface area contributed by atoms with E-state index in [2.05, 4.69) is 11.2 Å². The van der Waals surface area contributed by atoms with Crippen LogP contribution >= 0.6 is 0 Å². The van der Waals surface area contributed by atoms with Crippen molar-refractivity contribution in [2.24, 2.45) is 0 Å². The number of carbonyl (C=O) groups is 2. The smallest absolute Gasteiger partial charge is 0.327 e. The number of hydrogen-bond acceptors (Lipinski definition) is 2. The van der Waals surface area contributed by atoms with Crippen molar-refractivity contribution < 1.29 is 23.5 Å². The highest BCUT2D eigenvalue weighted by Gasteiger charge is 2.20. The molecule has 0 spiro atoms. The lowest BCUT2D eigenvalue weighted by Crippen LogP contribution is -2.40. The van der Waals surface area contributed by atoms with E-state index in [9.17, 15) is 18.4 Å². The van der Waals surface area contributed by atoms with Crippen LogP contribution in [0.25, 0.3) is 0 Å². The molecule has 18 heavy (non-hydrogen) atoms. The van der Waals surface area contributed by atoms with Gasteiger partial charge in [0.2, 0.25) is 0 Å². The number of hydrogen-bond donors (Lipinski definition) is 2. The summed E-state index contributed by atoms with van der Waals surface area (Å²) in [5.41, 5.74) is -0.183. The van der Waals surface area contributed by atoms with Crippen molar-refractivity contribution in [2.75, 3.05) is 0 Å². The van der Waals surface area contributed by atoms with Crippen LogP contribution in [-0.4, -0.2) is 23.0 Å². The lowest BCUT2D eigenvalue weighted by atomic mass is 10.1. The van der Waals surface area contributed by atoms with Gasteiger partial charge in [-0.15, -0.1) is 12.3 Å². The summed E-state index contributed by atoms with van der Waals surface area (Å²) in [6, 6.07) is 1.24. The van der Waals surface area contributed by atoms with Gasteiger partial charge in [0, 0.05) is 12.0 Å². The summed E-state index contributed by atoms with van der Waals surface area (Å²) in [6.45, 7) is 0. The lowest BCUT2D eigenvalue weighted by Gasteiger charge is -2.11. The molecule has 0 fully saturated rings. The van der Waals surface area contributed by atoms with Gasteiger partial charge in [-0.25, -0.2) is 13.6 Å². The largest absolute Gasteiger partial charge is 0.480 e. The summed E-state index contributed by atoms with van der Waals surface area (Å²) in [4.78, 5) is 22.3. The maximum Gasteiger partial charge on any atom is 0.327 e. The molecule has 6 heteroatoms. The maximum atomic E-state index is 12.9. The molecule has 4 nitrogen and oxygen atoms in total. The number of amides is 1. The Hall–Kier alpha value is -2.42. The Bertz CT molecular complexity index is 523. The van der Waals surface area contributed by atoms with Crippen LogP contribution in [0.2, 0.25) is 0 Å². The maximum absolute atomic E-state index is 12.9. The van der Waals surface area contributed by atoms with E-state index in [1.54, 1.807) is 0 Å². The molecule has 1 atom stereocenters. The third-order valence-electron chi connectivity index (χ3n) is 2.11. The van der Waals surface area contributed by atoms with Crippen molar-refractivity contribution in [3.8, 4) is 12.3 Å². The summed E-state index contributed by atoms with van der Waals surface area (Å²) < 4.78 is 25.5. The number of aliphatic carboxylic acids is 1. The third kappa shape index (κ3) is 3.28. The normalized spacial score (nSPS) is 11.4. The molecule has 0 heterocycles. The monoisotopic (exact) mass is 253 g/mol. The van der Waals surface area contributed by atoms with Crippen molar-refractivity contribution in [3.63, 3.8) is 0 Å². The molecular weight excluding hydrogens is 244 g/mol. The van der Waals surface area contributed by atoms with Gasteiger partial charge < -0.3 is 10.4 Å². The van der Waals surface area contributed by atoms with Gasteiger partial charge in [-0.05, 0) is 18.2 Å². The number of benzene rings is 1. The van der Waals surface area contributed by atoms with Gasteiger partial charge >= 0.3 is 5.97 Å². The Balaban J connectivity index is 2.84. The van der Waals surface area contributed by atoms with Crippen molar-refractivity contribution in [3.05, 3.63) is 35.4 Å². The minimum absolute atomic E-state index is 0.183. The summed E-state index contributed by atoms with van der Waals surface area (Å²) in [7, 11) is 0. The molecular formula is C12H9F2NO3.